The van der Waals surface area contributed by atoms with E-state index >= 15 is 0 Å². The zero-order valence-corrected chi connectivity index (χ0v) is 9.24. The van der Waals surface area contributed by atoms with E-state index < -0.39 is 24.0 Å². The highest BCUT2D eigenvalue weighted by Gasteiger charge is 2.17. The van der Waals surface area contributed by atoms with E-state index in [1.165, 1.54) is 12.1 Å². The highest BCUT2D eigenvalue weighted by atomic mass is 16.4. The van der Waals surface area contributed by atoms with Crippen molar-refractivity contribution < 1.29 is 19.5 Å². The van der Waals surface area contributed by atoms with Crippen molar-refractivity contribution in [1.82, 2.24) is 0 Å². The Hall–Kier alpha value is -2.66. The lowest BCUT2D eigenvalue weighted by Gasteiger charge is -2.01. The molecule has 0 spiro atoms. The molecule has 1 N–H and O–H groups in total. The Morgan fingerprint density at radius 2 is 2.06 bits per heavy atom. The Kier molecular flexibility index (Phi) is 4.59. The van der Waals surface area contributed by atoms with Crippen LogP contribution in [0.25, 0.3) is 10.4 Å². The molecule has 1 rings (SSSR count). The molecule has 0 aliphatic carbocycles. The van der Waals surface area contributed by atoms with Crippen molar-refractivity contribution in [2.45, 2.75) is 13.0 Å². The van der Waals surface area contributed by atoms with Gasteiger partial charge in [0, 0.05) is 10.5 Å². The Morgan fingerprint density at radius 1 is 1.33 bits per heavy atom. The molecule has 0 heterocycles. The summed E-state index contributed by atoms with van der Waals surface area (Å²) in [5, 5.41) is 11.7. The average molecular weight is 247 g/mol. The normalized spacial score (nSPS) is 9.33. The number of hydrogen-bond acceptors (Lipinski definition) is 4. The summed E-state index contributed by atoms with van der Waals surface area (Å²) in [7, 11) is 0. The fourth-order valence-electron chi connectivity index (χ4n) is 1.28. The van der Waals surface area contributed by atoms with Gasteiger partial charge in [0.25, 0.3) is 0 Å². The summed E-state index contributed by atoms with van der Waals surface area (Å²) in [4.78, 5) is 35.4. The number of carboxylic acid groups (broad SMARTS) is 1. The molecule has 7 heteroatoms. The fourth-order valence-corrected chi connectivity index (χ4v) is 1.28. The van der Waals surface area contributed by atoms with Gasteiger partial charge in [0.2, 0.25) is 5.78 Å². The summed E-state index contributed by atoms with van der Waals surface area (Å²) in [6.07, 6.45) is -0.680. The summed E-state index contributed by atoms with van der Waals surface area (Å²) in [6, 6.07) is 6.16. The van der Waals surface area contributed by atoms with Crippen LogP contribution < -0.4 is 0 Å². The van der Waals surface area contributed by atoms with E-state index in [1.54, 1.807) is 12.1 Å². The molecule has 18 heavy (non-hydrogen) atoms. The van der Waals surface area contributed by atoms with Crippen LogP contribution in [-0.2, 0) is 16.1 Å². The lowest BCUT2D eigenvalue weighted by molar-refractivity contribution is -0.148. The smallest absolute Gasteiger partial charge is 0.372 e. The number of Topliss-reactive ketones (excluding diaryl/α,β-unsaturated/α-hetero) is 2. The maximum atomic E-state index is 11.6. The van der Waals surface area contributed by atoms with Crippen molar-refractivity contribution in [3.8, 4) is 0 Å². The predicted molar refractivity (Wildman–Crippen MR) is 60.9 cm³/mol. The summed E-state index contributed by atoms with van der Waals surface area (Å²) < 4.78 is 0. The summed E-state index contributed by atoms with van der Waals surface area (Å²) >= 11 is 0. The summed E-state index contributed by atoms with van der Waals surface area (Å²) in [6.45, 7) is 0.0878. The van der Waals surface area contributed by atoms with Crippen molar-refractivity contribution in [1.29, 1.82) is 0 Å². The van der Waals surface area contributed by atoms with Crippen LogP contribution in [0.5, 0.6) is 0 Å². The molecule has 0 amide bonds. The van der Waals surface area contributed by atoms with E-state index in [0.29, 0.717) is 5.56 Å². The van der Waals surface area contributed by atoms with Crippen LogP contribution in [-0.4, -0.2) is 22.6 Å². The molecular weight excluding hydrogens is 238 g/mol. The van der Waals surface area contributed by atoms with Crippen molar-refractivity contribution in [3.63, 3.8) is 0 Å². The van der Waals surface area contributed by atoms with E-state index in [0.717, 1.165) is 0 Å². The third-order valence-corrected chi connectivity index (χ3v) is 2.13. The Bertz CT molecular complexity index is 547. The molecule has 0 aromatic heterocycles. The number of ketones is 2. The van der Waals surface area contributed by atoms with Crippen LogP contribution in [0.2, 0.25) is 0 Å². The second-order valence-electron chi connectivity index (χ2n) is 3.42. The second kappa shape index (κ2) is 6.17. The monoisotopic (exact) mass is 247 g/mol. The second-order valence-corrected chi connectivity index (χ2v) is 3.42. The quantitative estimate of drug-likeness (QED) is 0.205. The molecule has 0 saturated heterocycles. The van der Waals surface area contributed by atoms with Crippen LogP contribution in [0.3, 0.4) is 0 Å². The zero-order valence-electron chi connectivity index (χ0n) is 9.24. The number of azide groups is 1. The van der Waals surface area contributed by atoms with Gasteiger partial charge >= 0.3 is 5.97 Å². The van der Waals surface area contributed by atoms with Crippen molar-refractivity contribution in [2.24, 2.45) is 5.11 Å². The molecule has 0 bridgehead atoms. The number of hydrogen-bond donors (Lipinski definition) is 1. The molecule has 92 valence electrons. The molecule has 1 aromatic rings. The maximum absolute atomic E-state index is 11.6. The zero-order chi connectivity index (χ0) is 13.5. The minimum atomic E-state index is -1.63. The van der Waals surface area contributed by atoms with Gasteiger partial charge in [-0.1, -0.05) is 23.3 Å². The third kappa shape index (κ3) is 3.73. The first kappa shape index (κ1) is 13.4. The van der Waals surface area contributed by atoms with E-state index in [4.69, 9.17) is 10.6 Å². The lowest BCUT2D eigenvalue weighted by atomic mass is 10.0. The molecule has 0 aliphatic rings. The van der Waals surface area contributed by atoms with E-state index in [1.807, 2.05) is 0 Å². The number of aliphatic carboxylic acids is 1. The van der Waals surface area contributed by atoms with Crippen LogP contribution in [0.1, 0.15) is 22.3 Å². The summed E-state index contributed by atoms with van der Waals surface area (Å²) in [5.41, 5.74) is 9.00. The van der Waals surface area contributed by atoms with Gasteiger partial charge < -0.3 is 5.11 Å². The topological polar surface area (TPSA) is 120 Å². The molecule has 1 aromatic carbocycles. The van der Waals surface area contributed by atoms with Gasteiger partial charge in [-0.15, -0.1) is 0 Å². The van der Waals surface area contributed by atoms with Crippen molar-refractivity contribution in [3.05, 3.63) is 45.8 Å². The molecule has 7 nitrogen and oxygen atoms in total. The highest BCUT2D eigenvalue weighted by Crippen LogP contribution is 2.09. The van der Waals surface area contributed by atoms with Gasteiger partial charge in [-0.25, -0.2) is 4.79 Å². The minimum Gasteiger partial charge on any atom is -0.475 e. The van der Waals surface area contributed by atoms with Crippen molar-refractivity contribution in [2.75, 3.05) is 0 Å². The van der Waals surface area contributed by atoms with E-state index in [-0.39, 0.29) is 12.1 Å². The Morgan fingerprint density at radius 3 is 2.67 bits per heavy atom. The minimum absolute atomic E-state index is 0.0878. The van der Waals surface area contributed by atoms with Gasteiger partial charge in [0.05, 0.1) is 13.0 Å². The molecular formula is C11H9N3O4. The summed E-state index contributed by atoms with van der Waals surface area (Å²) in [5.74, 6) is -3.36. The maximum Gasteiger partial charge on any atom is 0.372 e. The molecule has 0 unspecified atom stereocenters. The number of carbonyl (C=O) groups is 3. The first-order valence-electron chi connectivity index (χ1n) is 4.93. The molecule has 0 atom stereocenters. The van der Waals surface area contributed by atoms with Crippen LogP contribution in [0.4, 0.5) is 0 Å². The Labute approximate surface area is 102 Å². The van der Waals surface area contributed by atoms with Gasteiger partial charge in [-0.05, 0) is 17.2 Å². The first-order chi connectivity index (χ1) is 8.54. The third-order valence-electron chi connectivity index (χ3n) is 2.13. The largest absolute Gasteiger partial charge is 0.475 e. The average Bonchev–Trinajstić information content (AvgIpc) is 2.36. The van der Waals surface area contributed by atoms with Gasteiger partial charge in [-0.2, -0.15) is 0 Å². The first-order valence-corrected chi connectivity index (χ1v) is 4.93. The number of carboxylic acids is 1. The van der Waals surface area contributed by atoms with Gasteiger partial charge in [0.15, 0.2) is 5.78 Å². The van der Waals surface area contributed by atoms with E-state index in [2.05, 4.69) is 10.0 Å². The fraction of sp³-hybridized carbons (Fsp3) is 0.182. The SMILES string of the molecule is [N-]=[N+]=NCc1cccc(C(=O)CC(=O)C(=O)O)c1. The molecule has 0 fully saturated rings. The predicted octanol–water partition coefficient (Wildman–Crippen LogP) is 1.72. The molecule has 0 aliphatic heterocycles. The van der Waals surface area contributed by atoms with Gasteiger partial charge in [0.1, 0.15) is 0 Å². The van der Waals surface area contributed by atoms with Crippen molar-refractivity contribution >= 4 is 17.5 Å². The number of benzene rings is 1. The van der Waals surface area contributed by atoms with E-state index in [9.17, 15) is 14.4 Å². The highest BCUT2D eigenvalue weighted by molar-refractivity contribution is 6.37. The number of nitrogens with zero attached hydrogens (tertiary/aromatic N) is 3. The standard InChI is InChI=1S/C11H9N3O4/c12-14-13-6-7-2-1-3-8(4-7)9(15)5-10(16)11(17)18/h1-4H,5-6H2,(H,17,18). The lowest BCUT2D eigenvalue weighted by Crippen LogP contribution is -2.17. The number of carbonyl (C=O) groups excluding carboxylic acids is 2. The Balaban J connectivity index is 2.83. The van der Waals surface area contributed by atoms with Crippen LogP contribution in [0.15, 0.2) is 29.4 Å². The van der Waals surface area contributed by atoms with Crippen LogP contribution >= 0.6 is 0 Å². The molecule has 0 saturated carbocycles. The number of rotatable bonds is 6. The van der Waals surface area contributed by atoms with Gasteiger partial charge in [-0.3, -0.25) is 9.59 Å². The molecule has 0 radical (unpaired) electrons. The van der Waals surface area contributed by atoms with Crippen LogP contribution in [0, 0.1) is 0 Å².